The first kappa shape index (κ1) is 26.4. The molecule has 0 nitrogen and oxygen atoms in total. The van der Waals surface area contributed by atoms with E-state index in [4.69, 9.17) is 0 Å². The van der Waals surface area contributed by atoms with Gasteiger partial charge < -0.3 is 0 Å². The Morgan fingerprint density at radius 3 is 1.04 bits per heavy atom. The Balaban J connectivity index is 0. The molecule has 0 saturated heterocycles. The summed E-state index contributed by atoms with van der Waals surface area (Å²) in [5.41, 5.74) is 3.40. The van der Waals surface area contributed by atoms with E-state index in [0.717, 1.165) is 5.56 Å². The van der Waals surface area contributed by atoms with Gasteiger partial charge in [-0.1, -0.05) is 103 Å². The van der Waals surface area contributed by atoms with Crippen LogP contribution in [0, 0.1) is 16.6 Å². The van der Waals surface area contributed by atoms with Gasteiger partial charge in [-0.2, -0.15) is 0 Å². The third kappa shape index (κ3) is 17.8. The lowest BCUT2D eigenvalue weighted by Gasteiger charge is -2.30. The predicted molar refractivity (Wildman–Crippen MR) is 114 cm³/mol. The van der Waals surface area contributed by atoms with E-state index in [-0.39, 0.29) is 16.6 Å². The van der Waals surface area contributed by atoms with Gasteiger partial charge in [-0.05, 0) is 44.9 Å². The first-order valence-electron chi connectivity index (χ1n) is 9.43. The highest BCUT2D eigenvalue weighted by Gasteiger charge is 2.25. The SMILES string of the molecule is CC(C)(C)C.CC(C)(C)C.CC(C)(C)c1ccc(F)cc1C(C)(C)C. The van der Waals surface area contributed by atoms with E-state index in [1.165, 1.54) is 5.56 Å². The van der Waals surface area contributed by atoms with Crippen molar-refractivity contribution in [3.8, 4) is 0 Å². The second kappa shape index (κ2) is 9.19. The van der Waals surface area contributed by atoms with Crippen molar-refractivity contribution in [2.24, 2.45) is 10.8 Å². The number of hydrogen-bond donors (Lipinski definition) is 0. The van der Waals surface area contributed by atoms with E-state index >= 15 is 0 Å². The maximum atomic E-state index is 13.3. The van der Waals surface area contributed by atoms with Crippen molar-refractivity contribution in [1.29, 1.82) is 0 Å². The fourth-order valence-corrected chi connectivity index (χ4v) is 1.79. The van der Waals surface area contributed by atoms with E-state index in [9.17, 15) is 4.39 Å². The van der Waals surface area contributed by atoms with Crippen molar-refractivity contribution in [2.45, 2.75) is 108 Å². The standard InChI is InChI=1S/C14H21F.2C5H12/c1-13(2,3)11-8-7-10(15)9-12(11)14(4,5)6;2*1-5(2,3)4/h7-9H,1-6H3;2*1-4H3. The lowest BCUT2D eigenvalue weighted by molar-refractivity contribution is 0.469. The molecule has 0 radical (unpaired) electrons. The fraction of sp³-hybridized carbons (Fsp3) is 0.750. The summed E-state index contributed by atoms with van der Waals surface area (Å²) in [6, 6.07) is 5.13. The Bertz CT molecular complexity index is 473. The molecule has 0 bridgehead atoms. The van der Waals surface area contributed by atoms with E-state index in [2.05, 4.69) is 96.9 Å². The minimum absolute atomic E-state index is 0.00921. The van der Waals surface area contributed by atoms with Gasteiger partial charge in [-0.3, -0.25) is 0 Å². The van der Waals surface area contributed by atoms with Crippen LogP contribution in [0.2, 0.25) is 0 Å². The molecule has 0 aliphatic rings. The fourth-order valence-electron chi connectivity index (χ4n) is 1.79. The van der Waals surface area contributed by atoms with Gasteiger partial charge in [-0.15, -0.1) is 0 Å². The molecule has 1 aromatic carbocycles. The summed E-state index contributed by atoms with van der Waals surface area (Å²) in [5.74, 6) is -0.145. The van der Waals surface area contributed by atoms with Crippen LogP contribution in [0.4, 0.5) is 4.39 Å². The van der Waals surface area contributed by atoms with Crippen molar-refractivity contribution < 1.29 is 4.39 Å². The van der Waals surface area contributed by atoms with Crippen molar-refractivity contribution in [3.63, 3.8) is 0 Å². The quantitative estimate of drug-likeness (QED) is 0.439. The molecule has 1 heteroatoms. The second-order valence-corrected chi connectivity index (χ2v) is 12.2. The van der Waals surface area contributed by atoms with E-state index in [1.807, 2.05) is 6.07 Å². The Morgan fingerprint density at radius 1 is 0.520 bits per heavy atom. The van der Waals surface area contributed by atoms with Crippen LogP contribution < -0.4 is 0 Å². The Labute approximate surface area is 158 Å². The van der Waals surface area contributed by atoms with Crippen molar-refractivity contribution in [1.82, 2.24) is 0 Å². The molecule has 0 unspecified atom stereocenters. The van der Waals surface area contributed by atoms with E-state index in [1.54, 1.807) is 12.1 Å². The number of halogens is 1. The second-order valence-electron chi connectivity index (χ2n) is 12.2. The zero-order valence-electron chi connectivity index (χ0n) is 19.6. The highest BCUT2D eigenvalue weighted by atomic mass is 19.1. The first-order valence-corrected chi connectivity index (χ1v) is 9.43. The summed E-state index contributed by atoms with van der Waals surface area (Å²) in [7, 11) is 0. The number of benzene rings is 1. The molecule has 0 amide bonds. The van der Waals surface area contributed by atoms with E-state index in [0.29, 0.717) is 10.8 Å². The minimum atomic E-state index is -0.145. The molecule has 0 aromatic heterocycles. The Kier molecular flexibility index (Phi) is 9.70. The summed E-state index contributed by atoms with van der Waals surface area (Å²) >= 11 is 0. The summed E-state index contributed by atoms with van der Waals surface area (Å²) < 4.78 is 13.3. The van der Waals surface area contributed by atoms with Gasteiger partial charge in [0, 0.05) is 0 Å². The summed E-state index contributed by atoms with van der Waals surface area (Å²) in [6.45, 7) is 30.4. The van der Waals surface area contributed by atoms with Gasteiger partial charge in [-0.25, -0.2) is 4.39 Å². The van der Waals surface area contributed by atoms with Gasteiger partial charge >= 0.3 is 0 Å². The van der Waals surface area contributed by atoms with Crippen LogP contribution in [0.25, 0.3) is 0 Å². The Hall–Kier alpha value is -0.850. The van der Waals surface area contributed by atoms with Gasteiger partial charge in [0.05, 0.1) is 0 Å². The lowest BCUT2D eigenvalue weighted by atomic mass is 9.75. The van der Waals surface area contributed by atoms with Crippen LogP contribution in [-0.4, -0.2) is 0 Å². The van der Waals surface area contributed by atoms with Gasteiger partial charge in [0.2, 0.25) is 0 Å². The maximum absolute atomic E-state index is 13.3. The van der Waals surface area contributed by atoms with Crippen LogP contribution >= 0.6 is 0 Å². The van der Waals surface area contributed by atoms with E-state index < -0.39 is 0 Å². The summed E-state index contributed by atoms with van der Waals surface area (Å²) in [5, 5.41) is 0. The highest BCUT2D eigenvalue weighted by Crippen LogP contribution is 2.34. The van der Waals surface area contributed by atoms with Crippen LogP contribution in [-0.2, 0) is 10.8 Å². The molecule has 1 rings (SSSR count). The third-order valence-corrected chi connectivity index (χ3v) is 2.60. The van der Waals surface area contributed by atoms with Crippen molar-refractivity contribution in [3.05, 3.63) is 35.1 Å². The van der Waals surface area contributed by atoms with Crippen molar-refractivity contribution >= 4 is 0 Å². The van der Waals surface area contributed by atoms with Gasteiger partial charge in [0.1, 0.15) is 5.82 Å². The number of hydrogen-bond acceptors (Lipinski definition) is 0. The van der Waals surface area contributed by atoms with Crippen LogP contribution in [0.1, 0.15) is 108 Å². The summed E-state index contributed by atoms with van der Waals surface area (Å²) in [6.07, 6.45) is 0. The molecular weight excluding hydrogens is 307 g/mol. The van der Waals surface area contributed by atoms with Gasteiger partial charge in [0.25, 0.3) is 0 Å². The molecule has 25 heavy (non-hydrogen) atoms. The minimum Gasteiger partial charge on any atom is -0.207 e. The largest absolute Gasteiger partial charge is 0.207 e. The average Bonchev–Trinajstić information content (AvgIpc) is 2.20. The highest BCUT2D eigenvalue weighted by molar-refractivity contribution is 5.37. The lowest BCUT2D eigenvalue weighted by Crippen LogP contribution is -2.22. The third-order valence-electron chi connectivity index (χ3n) is 2.60. The maximum Gasteiger partial charge on any atom is 0.123 e. The molecule has 0 atom stereocenters. The molecule has 0 aliphatic heterocycles. The first-order chi connectivity index (χ1) is 10.6. The van der Waals surface area contributed by atoms with Crippen molar-refractivity contribution in [2.75, 3.05) is 0 Å². The zero-order valence-corrected chi connectivity index (χ0v) is 19.6. The average molecular weight is 353 g/mol. The molecule has 0 saturated carbocycles. The molecular formula is C24H45F. The molecule has 0 aliphatic carbocycles. The molecule has 0 N–H and O–H groups in total. The molecule has 0 fully saturated rings. The topological polar surface area (TPSA) is 0 Å². The van der Waals surface area contributed by atoms with Crippen LogP contribution in [0.3, 0.4) is 0 Å². The predicted octanol–water partition coefficient (Wildman–Crippen LogP) is 8.53. The summed E-state index contributed by atoms with van der Waals surface area (Å²) in [4.78, 5) is 0. The smallest absolute Gasteiger partial charge is 0.123 e. The molecule has 0 heterocycles. The zero-order chi connectivity index (χ0) is 20.9. The monoisotopic (exact) mass is 352 g/mol. The molecule has 1 aromatic rings. The van der Waals surface area contributed by atoms with Gasteiger partial charge in [0.15, 0.2) is 0 Å². The number of rotatable bonds is 0. The molecule has 148 valence electrons. The molecule has 0 spiro atoms. The normalized spacial score (nSPS) is 12.6. The van der Waals surface area contributed by atoms with Crippen LogP contribution in [0.5, 0.6) is 0 Å². The Morgan fingerprint density at radius 2 is 0.800 bits per heavy atom. The van der Waals surface area contributed by atoms with Crippen LogP contribution in [0.15, 0.2) is 18.2 Å².